The first-order valence-electron chi connectivity index (χ1n) is 9.37. The third-order valence-electron chi connectivity index (χ3n) is 4.98. The van der Waals surface area contributed by atoms with Crippen molar-refractivity contribution >= 4 is 21.9 Å². The molecule has 0 atom stereocenters. The molecular weight excluding hydrogens is 376 g/mol. The fourth-order valence-corrected chi connectivity index (χ4v) is 3.56. The standard InChI is InChI=1S/C22H14N8/c1-2-14(11-23-6-1)19-21-17(5-7-26-19)27-22(28-21)20-15-10-13(3-4-16(15)29-30-20)18-12-24-8-9-25-18/h1-12H,(H,27,28)(H,29,30). The van der Waals surface area contributed by atoms with Crippen molar-refractivity contribution in [2.45, 2.75) is 0 Å². The maximum absolute atomic E-state index is 4.83. The molecule has 30 heavy (non-hydrogen) atoms. The molecule has 0 saturated carbocycles. The molecule has 6 rings (SSSR count). The van der Waals surface area contributed by atoms with Gasteiger partial charge in [-0.25, -0.2) is 4.98 Å². The summed E-state index contributed by atoms with van der Waals surface area (Å²) in [6.45, 7) is 0. The molecule has 2 N–H and O–H groups in total. The van der Waals surface area contributed by atoms with Crippen LogP contribution in [0, 0.1) is 0 Å². The van der Waals surface area contributed by atoms with E-state index in [9.17, 15) is 0 Å². The molecule has 0 spiro atoms. The van der Waals surface area contributed by atoms with E-state index in [4.69, 9.17) is 4.98 Å². The second-order valence-electron chi connectivity index (χ2n) is 6.81. The second kappa shape index (κ2) is 6.56. The molecule has 0 fully saturated rings. The number of pyridine rings is 2. The topological polar surface area (TPSA) is 109 Å². The monoisotopic (exact) mass is 390 g/mol. The Morgan fingerprint density at radius 3 is 2.57 bits per heavy atom. The molecule has 8 nitrogen and oxygen atoms in total. The summed E-state index contributed by atoms with van der Waals surface area (Å²) < 4.78 is 0. The number of hydrogen-bond acceptors (Lipinski definition) is 6. The molecule has 0 radical (unpaired) electrons. The third kappa shape index (κ3) is 2.62. The van der Waals surface area contributed by atoms with Gasteiger partial charge in [0.25, 0.3) is 0 Å². The molecule has 5 aromatic heterocycles. The summed E-state index contributed by atoms with van der Waals surface area (Å²) in [6, 6.07) is 11.8. The molecule has 1 aromatic carbocycles. The summed E-state index contributed by atoms with van der Waals surface area (Å²) in [5, 5.41) is 8.55. The van der Waals surface area contributed by atoms with Gasteiger partial charge in [-0.2, -0.15) is 5.10 Å². The lowest BCUT2D eigenvalue weighted by atomic mass is 10.1. The predicted molar refractivity (Wildman–Crippen MR) is 113 cm³/mol. The van der Waals surface area contributed by atoms with Crippen molar-refractivity contribution in [3.63, 3.8) is 0 Å². The SMILES string of the molecule is c1cncc(-c2nccc3[nH]c(-c4n[nH]c5ccc(-c6cnccn6)cc45)nc23)c1. The number of imidazole rings is 1. The van der Waals surface area contributed by atoms with Gasteiger partial charge in [0.05, 0.1) is 28.6 Å². The van der Waals surface area contributed by atoms with Crippen LogP contribution in [-0.4, -0.2) is 40.1 Å². The number of nitrogens with zero attached hydrogens (tertiary/aromatic N) is 6. The summed E-state index contributed by atoms with van der Waals surface area (Å²) >= 11 is 0. The summed E-state index contributed by atoms with van der Waals surface area (Å²) in [5.74, 6) is 0.672. The van der Waals surface area contributed by atoms with Gasteiger partial charge >= 0.3 is 0 Å². The number of rotatable bonds is 3. The van der Waals surface area contributed by atoms with Gasteiger partial charge in [0.1, 0.15) is 11.2 Å². The van der Waals surface area contributed by atoms with Crippen molar-refractivity contribution in [2.24, 2.45) is 0 Å². The fraction of sp³-hybridized carbons (Fsp3) is 0. The van der Waals surface area contributed by atoms with Crippen LogP contribution in [0.3, 0.4) is 0 Å². The highest BCUT2D eigenvalue weighted by molar-refractivity contribution is 5.97. The second-order valence-corrected chi connectivity index (χ2v) is 6.81. The van der Waals surface area contributed by atoms with E-state index in [-0.39, 0.29) is 0 Å². The van der Waals surface area contributed by atoms with Crippen LogP contribution in [0.25, 0.3) is 56.0 Å². The van der Waals surface area contributed by atoms with Crippen LogP contribution in [0.2, 0.25) is 0 Å². The molecule has 0 aliphatic heterocycles. The number of benzene rings is 1. The minimum absolute atomic E-state index is 0.672. The molecule has 0 saturated heterocycles. The van der Waals surface area contributed by atoms with Crippen molar-refractivity contribution in [3.05, 3.63) is 73.6 Å². The Hall–Kier alpha value is -4.46. The van der Waals surface area contributed by atoms with Gasteiger partial charge in [-0.05, 0) is 30.3 Å². The zero-order chi connectivity index (χ0) is 19.9. The predicted octanol–water partition coefficient (Wildman–Crippen LogP) is 4.02. The molecule has 0 amide bonds. The first-order chi connectivity index (χ1) is 14.9. The van der Waals surface area contributed by atoms with Gasteiger partial charge in [-0.1, -0.05) is 6.07 Å². The van der Waals surface area contributed by atoms with Gasteiger partial charge in [0.2, 0.25) is 0 Å². The summed E-state index contributed by atoms with van der Waals surface area (Å²) in [7, 11) is 0. The van der Waals surface area contributed by atoms with Crippen LogP contribution in [-0.2, 0) is 0 Å². The minimum atomic E-state index is 0.672. The van der Waals surface area contributed by atoms with Gasteiger partial charge < -0.3 is 4.98 Å². The van der Waals surface area contributed by atoms with E-state index < -0.39 is 0 Å². The van der Waals surface area contributed by atoms with Crippen molar-refractivity contribution in [3.8, 4) is 34.0 Å². The van der Waals surface area contributed by atoms with Crippen molar-refractivity contribution in [2.75, 3.05) is 0 Å². The smallest absolute Gasteiger partial charge is 0.159 e. The molecule has 8 heteroatoms. The maximum atomic E-state index is 4.83. The molecule has 142 valence electrons. The van der Waals surface area contributed by atoms with Crippen LogP contribution < -0.4 is 0 Å². The first-order valence-corrected chi connectivity index (χ1v) is 9.37. The largest absolute Gasteiger partial charge is 0.336 e. The Bertz CT molecular complexity index is 1490. The van der Waals surface area contributed by atoms with Crippen LogP contribution >= 0.6 is 0 Å². The van der Waals surface area contributed by atoms with Crippen LogP contribution in [0.15, 0.2) is 73.6 Å². The molecule has 5 heterocycles. The van der Waals surface area contributed by atoms with Crippen molar-refractivity contribution < 1.29 is 0 Å². The van der Waals surface area contributed by atoms with Crippen LogP contribution in [0.4, 0.5) is 0 Å². The van der Waals surface area contributed by atoms with E-state index in [1.165, 1.54) is 0 Å². The lowest BCUT2D eigenvalue weighted by molar-refractivity contribution is 1.11. The van der Waals surface area contributed by atoms with E-state index in [0.29, 0.717) is 5.82 Å². The number of hydrogen-bond donors (Lipinski definition) is 2. The molecule has 0 aliphatic carbocycles. The minimum Gasteiger partial charge on any atom is -0.336 e. The maximum Gasteiger partial charge on any atom is 0.159 e. The normalized spacial score (nSPS) is 11.3. The zero-order valence-electron chi connectivity index (χ0n) is 15.6. The highest BCUT2D eigenvalue weighted by atomic mass is 15.1. The molecular formula is C22H14N8. The molecule has 0 bridgehead atoms. The Labute approximate surface area is 170 Å². The van der Waals surface area contributed by atoms with E-state index >= 15 is 0 Å². The van der Waals surface area contributed by atoms with E-state index in [0.717, 1.165) is 50.1 Å². The number of H-pyrrole nitrogens is 2. The zero-order valence-corrected chi connectivity index (χ0v) is 15.6. The Kier molecular flexibility index (Phi) is 3.60. The van der Waals surface area contributed by atoms with Crippen LogP contribution in [0.1, 0.15) is 0 Å². The van der Waals surface area contributed by atoms with Gasteiger partial charge in [0.15, 0.2) is 5.82 Å². The molecule has 0 aliphatic rings. The van der Waals surface area contributed by atoms with Crippen molar-refractivity contribution in [1.29, 1.82) is 0 Å². The number of fused-ring (bicyclic) bond motifs is 2. The summed E-state index contributed by atoms with van der Waals surface area (Å²) in [5.41, 5.74) is 6.79. The lowest BCUT2D eigenvalue weighted by Gasteiger charge is -2.00. The molecule has 6 aromatic rings. The quantitative estimate of drug-likeness (QED) is 0.472. The Morgan fingerprint density at radius 1 is 0.733 bits per heavy atom. The Morgan fingerprint density at radius 2 is 1.70 bits per heavy atom. The average Bonchev–Trinajstić information content (AvgIpc) is 3.43. The Balaban J connectivity index is 1.52. The lowest BCUT2D eigenvalue weighted by Crippen LogP contribution is -1.86. The van der Waals surface area contributed by atoms with Gasteiger partial charge in [-0.3, -0.25) is 25.0 Å². The van der Waals surface area contributed by atoms with E-state index in [1.54, 1.807) is 37.2 Å². The first kappa shape index (κ1) is 16.5. The van der Waals surface area contributed by atoms with Crippen molar-refractivity contribution in [1.82, 2.24) is 40.1 Å². The summed E-state index contributed by atoms with van der Waals surface area (Å²) in [4.78, 5) is 25.5. The fourth-order valence-electron chi connectivity index (χ4n) is 3.56. The van der Waals surface area contributed by atoms with E-state index in [1.807, 2.05) is 36.4 Å². The highest BCUT2D eigenvalue weighted by Crippen LogP contribution is 2.31. The number of aromatic nitrogens is 8. The van der Waals surface area contributed by atoms with Gasteiger partial charge in [-0.15, -0.1) is 0 Å². The number of nitrogens with one attached hydrogen (secondary N) is 2. The van der Waals surface area contributed by atoms with Gasteiger partial charge in [0, 0.05) is 47.5 Å². The average molecular weight is 390 g/mol. The molecule has 0 unspecified atom stereocenters. The van der Waals surface area contributed by atoms with Crippen LogP contribution in [0.5, 0.6) is 0 Å². The third-order valence-corrected chi connectivity index (χ3v) is 4.98. The van der Waals surface area contributed by atoms with E-state index in [2.05, 4.69) is 35.1 Å². The number of aromatic amines is 2. The highest BCUT2D eigenvalue weighted by Gasteiger charge is 2.16. The summed E-state index contributed by atoms with van der Waals surface area (Å²) in [6.07, 6.45) is 10.4.